The third kappa shape index (κ3) is 3.10. The Kier molecular flexibility index (Phi) is 4.60. The summed E-state index contributed by atoms with van der Waals surface area (Å²) in [6.07, 6.45) is 1.69. The number of carbonyl (C=O) groups is 1. The van der Waals surface area contributed by atoms with Crippen LogP contribution < -0.4 is 5.32 Å². The van der Waals surface area contributed by atoms with Crippen LogP contribution in [-0.4, -0.2) is 59.5 Å². The molecular weight excluding hydrogens is 252 g/mol. The van der Waals surface area contributed by atoms with Gasteiger partial charge in [-0.05, 0) is 40.0 Å². The maximum absolute atomic E-state index is 12.6. The van der Waals surface area contributed by atoms with Crippen LogP contribution in [0.4, 0.5) is 5.69 Å². The largest absolute Gasteiger partial charge is 0.385 e. The first-order valence-corrected chi connectivity index (χ1v) is 7.24. The topological polar surface area (TPSA) is 48.5 Å². The Morgan fingerprint density at radius 1 is 1.40 bits per heavy atom. The Balaban J connectivity index is 2.13. The van der Waals surface area contributed by atoms with Crippen molar-refractivity contribution in [2.45, 2.75) is 32.9 Å². The fourth-order valence-electron chi connectivity index (χ4n) is 2.59. The van der Waals surface area contributed by atoms with Crippen molar-refractivity contribution in [3.05, 3.63) is 24.0 Å². The number of aromatic nitrogens is 1. The lowest BCUT2D eigenvalue weighted by Gasteiger charge is -2.42. The molecule has 1 aromatic heterocycles. The summed E-state index contributed by atoms with van der Waals surface area (Å²) in [6, 6.07) is 4.47. The summed E-state index contributed by atoms with van der Waals surface area (Å²) >= 11 is 0. The second-order valence-electron chi connectivity index (χ2n) is 5.53. The van der Waals surface area contributed by atoms with Gasteiger partial charge >= 0.3 is 0 Å². The molecule has 5 nitrogen and oxygen atoms in total. The molecule has 5 heteroatoms. The summed E-state index contributed by atoms with van der Waals surface area (Å²) < 4.78 is 0. The molecular formula is C15H24N4O. The molecule has 20 heavy (non-hydrogen) atoms. The first-order chi connectivity index (χ1) is 9.52. The molecule has 1 aliphatic rings. The van der Waals surface area contributed by atoms with E-state index in [1.54, 1.807) is 6.20 Å². The molecule has 110 valence electrons. The second-order valence-corrected chi connectivity index (χ2v) is 5.53. The Hall–Kier alpha value is -1.62. The number of amides is 1. The summed E-state index contributed by atoms with van der Waals surface area (Å²) in [6.45, 7) is 8.68. The van der Waals surface area contributed by atoms with Gasteiger partial charge in [0.2, 0.25) is 0 Å². The molecule has 1 saturated heterocycles. The molecule has 2 atom stereocenters. The van der Waals surface area contributed by atoms with Crippen molar-refractivity contribution in [3.63, 3.8) is 0 Å². The standard InChI is InChI=1S/C15H24N4O/c1-5-16-13-6-7-17-14(8-13)15(20)19-9-11(2)18(4)12(3)10-19/h6-8,11-12H,5,9-10H2,1-4H3,(H,16,17). The van der Waals surface area contributed by atoms with E-state index in [9.17, 15) is 4.79 Å². The zero-order chi connectivity index (χ0) is 14.7. The second kappa shape index (κ2) is 6.22. The van der Waals surface area contributed by atoms with E-state index in [1.807, 2.05) is 24.0 Å². The molecule has 0 bridgehead atoms. The van der Waals surface area contributed by atoms with Crippen LogP contribution in [0.15, 0.2) is 18.3 Å². The number of likely N-dealkylation sites (N-methyl/N-ethyl adjacent to an activating group) is 1. The van der Waals surface area contributed by atoms with Crippen LogP contribution in [0.2, 0.25) is 0 Å². The molecule has 1 aromatic rings. The van der Waals surface area contributed by atoms with Crippen LogP contribution in [0, 0.1) is 0 Å². The minimum absolute atomic E-state index is 0.0246. The first kappa shape index (κ1) is 14.8. The predicted molar refractivity (Wildman–Crippen MR) is 81.0 cm³/mol. The molecule has 1 amide bonds. The lowest BCUT2D eigenvalue weighted by atomic mass is 10.1. The average Bonchev–Trinajstić information content (AvgIpc) is 2.44. The van der Waals surface area contributed by atoms with Crippen LogP contribution in [0.3, 0.4) is 0 Å². The van der Waals surface area contributed by atoms with Crippen molar-refractivity contribution >= 4 is 11.6 Å². The molecule has 1 aliphatic heterocycles. The lowest BCUT2D eigenvalue weighted by molar-refractivity contribution is 0.0409. The number of hydrogen-bond donors (Lipinski definition) is 1. The molecule has 2 heterocycles. The third-order valence-electron chi connectivity index (χ3n) is 4.01. The van der Waals surface area contributed by atoms with Crippen molar-refractivity contribution in [1.82, 2.24) is 14.8 Å². The summed E-state index contributed by atoms with van der Waals surface area (Å²) in [4.78, 5) is 21.0. The summed E-state index contributed by atoms with van der Waals surface area (Å²) in [5, 5.41) is 3.21. The van der Waals surface area contributed by atoms with Crippen LogP contribution >= 0.6 is 0 Å². The van der Waals surface area contributed by atoms with E-state index in [1.165, 1.54) is 0 Å². The van der Waals surface area contributed by atoms with Gasteiger partial charge in [-0.3, -0.25) is 14.7 Å². The average molecular weight is 276 g/mol. The minimum atomic E-state index is 0.0246. The van der Waals surface area contributed by atoms with Gasteiger partial charge in [0.25, 0.3) is 5.91 Å². The van der Waals surface area contributed by atoms with Gasteiger partial charge in [-0.15, -0.1) is 0 Å². The molecule has 0 aromatic carbocycles. The highest BCUT2D eigenvalue weighted by atomic mass is 16.2. The Labute approximate surface area is 121 Å². The number of anilines is 1. The molecule has 2 rings (SSSR count). The maximum atomic E-state index is 12.6. The Bertz CT molecular complexity index is 465. The zero-order valence-corrected chi connectivity index (χ0v) is 12.8. The van der Waals surface area contributed by atoms with Gasteiger partial charge in [-0.2, -0.15) is 0 Å². The highest BCUT2D eigenvalue weighted by molar-refractivity contribution is 5.93. The Morgan fingerprint density at radius 3 is 2.65 bits per heavy atom. The molecule has 0 radical (unpaired) electrons. The molecule has 0 spiro atoms. The van der Waals surface area contributed by atoms with Crippen LogP contribution in [0.5, 0.6) is 0 Å². The first-order valence-electron chi connectivity index (χ1n) is 7.24. The highest BCUT2D eigenvalue weighted by Gasteiger charge is 2.30. The van der Waals surface area contributed by atoms with Gasteiger partial charge in [-0.25, -0.2) is 0 Å². The Morgan fingerprint density at radius 2 is 2.05 bits per heavy atom. The normalized spacial score (nSPS) is 23.7. The van der Waals surface area contributed by atoms with Crippen molar-refractivity contribution < 1.29 is 4.79 Å². The quantitative estimate of drug-likeness (QED) is 0.912. The zero-order valence-electron chi connectivity index (χ0n) is 12.8. The van der Waals surface area contributed by atoms with Crippen LogP contribution in [0.1, 0.15) is 31.3 Å². The van der Waals surface area contributed by atoms with Gasteiger partial charge < -0.3 is 10.2 Å². The van der Waals surface area contributed by atoms with Crippen molar-refractivity contribution in [3.8, 4) is 0 Å². The number of nitrogens with zero attached hydrogens (tertiary/aromatic N) is 3. The van der Waals surface area contributed by atoms with E-state index in [2.05, 4.69) is 36.1 Å². The van der Waals surface area contributed by atoms with Crippen molar-refractivity contribution in [2.75, 3.05) is 32.0 Å². The summed E-state index contributed by atoms with van der Waals surface area (Å²) in [7, 11) is 2.11. The highest BCUT2D eigenvalue weighted by Crippen LogP contribution is 2.16. The predicted octanol–water partition coefficient (Wildman–Crippen LogP) is 1.68. The van der Waals surface area contributed by atoms with Gasteiger partial charge in [0.15, 0.2) is 0 Å². The van der Waals surface area contributed by atoms with Crippen molar-refractivity contribution in [1.29, 1.82) is 0 Å². The van der Waals surface area contributed by atoms with Gasteiger partial charge in [-0.1, -0.05) is 0 Å². The number of rotatable bonds is 3. The molecule has 0 saturated carbocycles. The number of pyridine rings is 1. The third-order valence-corrected chi connectivity index (χ3v) is 4.01. The van der Waals surface area contributed by atoms with E-state index in [0.29, 0.717) is 17.8 Å². The lowest BCUT2D eigenvalue weighted by Crippen LogP contribution is -2.56. The van der Waals surface area contributed by atoms with Gasteiger partial charge in [0.05, 0.1) is 0 Å². The fraction of sp³-hybridized carbons (Fsp3) is 0.600. The molecule has 0 aliphatic carbocycles. The van der Waals surface area contributed by atoms with Crippen molar-refractivity contribution in [2.24, 2.45) is 0 Å². The molecule has 1 N–H and O–H groups in total. The smallest absolute Gasteiger partial charge is 0.272 e. The molecule has 1 fully saturated rings. The van der Waals surface area contributed by atoms with Gasteiger partial charge in [0, 0.05) is 43.6 Å². The van der Waals surface area contributed by atoms with Crippen LogP contribution in [-0.2, 0) is 0 Å². The van der Waals surface area contributed by atoms with Gasteiger partial charge in [0.1, 0.15) is 5.69 Å². The van der Waals surface area contributed by atoms with E-state index in [-0.39, 0.29) is 5.91 Å². The maximum Gasteiger partial charge on any atom is 0.272 e. The monoisotopic (exact) mass is 276 g/mol. The number of nitrogens with one attached hydrogen (secondary N) is 1. The SMILES string of the molecule is CCNc1ccnc(C(=O)N2CC(C)N(C)C(C)C2)c1. The summed E-state index contributed by atoms with van der Waals surface area (Å²) in [5.74, 6) is 0.0246. The number of piperazine rings is 1. The minimum Gasteiger partial charge on any atom is -0.385 e. The summed E-state index contributed by atoms with van der Waals surface area (Å²) in [5.41, 5.74) is 1.47. The molecule has 2 unspecified atom stereocenters. The number of hydrogen-bond acceptors (Lipinski definition) is 4. The number of carbonyl (C=O) groups excluding carboxylic acids is 1. The van der Waals surface area contributed by atoms with E-state index >= 15 is 0 Å². The fourth-order valence-corrected chi connectivity index (χ4v) is 2.59. The van der Waals surface area contributed by atoms with E-state index < -0.39 is 0 Å². The van der Waals surface area contributed by atoms with E-state index in [4.69, 9.17) is 0 Å². The van der Waals surface area contributed by atoms with Crippen LogP contribution in [0.25, 0.3) is 0 Å². The van der Waals surface area contributed by atoms with E-state index in [0.717, 1.165) is 25.3 Å².